The highest BCUT2D eigenvalue weighted by Gasteiger charge is 2.16. The summed E-state index contributed by atoms with van der Waals surface area (Å²) in [5, 5.41) is 4.34. The Hall–Kier alpha value is -3.90. The van der Waals surface area contributed by atoms with Crippen LogP contribution >= 0.6 is 11.6 Å². The molecule has 4 aromatic rings. The van der Waals surface area contributed by atoms with E-state index in [9.17, 15) is 4.79 Å². The lowest BCUT2D eigenvalue weighted by molar-refractivity contribution is -0.111. The smallest absolute Gasteiger partial charge is 0.248 e. The number of fused-ring (bicyclic) bond motifs is 1. The summed E-state index contributed by atoms with van der Waals surface area (Å²) >= 11 is 6.08. The lowest BCUT2D eigenvalue weighted by Crippen LogP contribution is -2.09. The second-order valence-electron chi connectivity index (χ2n) is 8.04. The zero-order valence-corrected chi connectivity index (χ0v) is 20.9. The Morgan fingerprint density at radius 3 is 2.40 bits per heavy atom. The van der Waals surface area contributed by atoms with Crippen molar-refractivity contribution in [2.24, 2.45) is 0 Å². The molecule has 180 valence electrons. The highest BCUT2D eigenvalue weighted by Crippen LogP contribution is 2.40. The fourth-order valence-electron chi connectivity index (χ4n) is 3.93. The van der Waals surface area contributed by atoms with Crippen molar-refractivity contribution in [2.45, 2.75) is 13.8 Å². The Labute approximate surface area is 209 Å². The van der Waals surface area contributed by atoms with E-state index in [2.05, 4.69) is 5.32 Å². The second-order valence-corrected chi connectivity index (χ2v) is 8.48. The van der Waals surface area contributed by atoms with Crippen molar-refractivity contribution < 1.29 is 23.4 Å². The van der Waals surface area contributed by atoms with Crippen LogP contribution in [0.15, 0.2) is 65.3 Å². The Morgan fingerprint density at radius 2 is 1.69 bits per heavy atom. The molecule has 0 aliphatic rings. The van der Waals surface area contributed by atoms with Gasteiger partial charge in [-0.1, -0.05) is 23.7 Å². The molecule has 0 bridgehead atoms. The first kappa shape index (κ1) is 24.2. The minimum atomic E-state index is -0.262. The number of hydrogen-bond acceptors (Lipinski definition) is 5. The van der Waals surface area contributed by atoms with Crippen LogP contribution in [0.4, 0.5) is 5.69 Å². The maximum Gasteiger partial charge on any atom is 0.248 e. The fourth-order valence-corrected chi connectivity index (χ4v) is 4.10. The van der Waals surface area contributed by atoms with Gasteiger partial charge in [0, 0.05) is 39.4 Å². The number of carbonyl (C=O) groups is 1. The highest BCUT2D eigenvalue weighted by molar-refractivity contribution is 6.31. The molecule has 1 aromatic heterocycles. The van der Waals surface area contributed by atoms with Crippen molar-refractivity contribution in [3.8, 4) is 28.4 Å². The molecule has 1 amide bonds. The van der Waals surface area contributed by atoms with Gasteiger partial charge in [-0.3, -0.25) is 4.79 Å². The second kappa shape index (κ2) is 10.2. The van der Waals surface area contributed by atoms with Crippen molar-refractivity contribution in [3.05, 3.63) is 77.0 Å². The van der Waals surface area contributed by atoms with Gasteiger partial charge in [0.1, 0.15) is 11.3 Å². The van der Waals surface area contributed by atoms with E-state index < -0.39 is 0 Å². The van der Waals surface area contributed by atoms with E-state index in [-0.39, 0.29) is 5.91 Å². The molecule has 1 N–H and O–H groups in total. The molecule has 1 heterocycles. The van der Waals surface area contributed by atoms with E-state index in [1.54, 1.807) is 45.8 Å². The van der Waals surface area contributed by atoms with Crippen molar-refractivity contribution in [1.29, 1.82) is 0 Å². The monoisotopic (exact) mass is 491 g/mol. The van der Waals surface area contributed by atoms with E-state index in [4.69, 9.17) is 30.2 Å². The summed E-state index contributed by atoms with van der Waals surface area (Å²) in [4.78, 5) is 12.8. The molecule has 0 spiro atoms. The average molecular weight is 492 g/mol. The summed E-state index contributed by atoms with van der Waals surface area (Å²) in [7, 11) is 4.79. The Morgan fingerprint density at radius 1 is 0.943 bits per heavy atom. The van der Waals surface area contributed by atoms with Crippen LogP contribution < -0.4 is 19.5 Å². The Kier molecular flexibility index (Phi) is 7.03. The van der Waals surface area contributed by atoms with Gasteiger partial charge >= 0.3 is 0 Å². The number of nitrogens with one attached hydrogen (secondary N) is 1. The zero-order valence-electron chi connectivity index (χ0n) is 20.2. The number of hydrogen-bond donors (Lipinski definition) is 1. The molecule has 7 heteroatoms. The van der Waals surface area contributed by atoms with E-state index in [1.807, 2.05) is 50.2 Å². The summed E-state index contributed by atoms with van der Waals surface area (Å²) in [6.07, 6.45) is 3.24. The van der Waals surface area contributed by atoms with E-state index in [1.165, 1.54) is 0 Å². The molecule has 3 aromatic carbocycles. The highest BCUT2D eigenvalue weighted by atomic mass is 35.5. The summed E-state index contributed by atoms with van der Waals surface area (Å²) in [5.41, 5.74) is 5.57. The zero-order chi connectivity index (χ0) is 25.1. The molecule has 0 atom stereocenters. The van der Waals surface area contributed by atoms with Gasteiger partial charge in [0.05, 0.1) is 27.6 Å². The number of rotatable bonds is 7. The maximum atomic E-state index is 12.8. The lowest BCUT2D eigenvalue weighted by Gasteiger charge is -2.12. The number of halogens is 1. The quantitative estimate of drug-likeness (QED) is 0.278. The van der Waals surface area contributed by atoms with Gasteiger partial charge < -0.3 is 23.9 Å². The third-order valence-corrected chi connectivity index (χ3v) is 6.06. The van der Waals surface area contributed by atoms with Crippen LogP contribution in [-0.4, -0.2) is 27.2 Å². The van der Waals surface area contributed by atoms with Gasteiger partial charge in [-0.2, -0.15) is 0 Å². The third kappa shape index (κ3) is 4.98. The number of carbonyl (C=O) groups excluding carboxylic acids is 1. The van der Waals surface area contributed by atoms with Crippen LogP contribution in [0.25, 0.3) is 27.7 Å². The summed E-state index contributed by atoms with van der Waals surface area (Å²) in [6.45, 7) is 3.78. The minimum Gasteiger partial charge on any atom is -0.496 e. The number of methoxy groups -OCH3 is 3. The fraction of sp³-hybridized carbons (Fsp3) is 0.179. The molecule has 35 heavy (non-hydrogen) atoms. The van der Waals surface area contributed by atoms with Gasteiger partial charge in [-0.05, 0) is 60.9 Å². The molecule has 0 saturated carbocycles. The van der Waals surface area contributed by atoms with Gasteiger partial charge in [0.15, 0.2) is 11.5 Å². The molecule has 0 saturated heterocycles. The number of furan rings is 1. The van der Waals surface area contributed by atoms with E-state index in [0.717, 1.165) is 33.2 Å². The number of benzene rings is 3. The van der Waals surface area contributed by atoms with Crippen LogP contribution in [0.5, 0.6) is 17.2 Å². The normalized spacial score (nSPS) is 11.4. The van der Waals surface area contributed by atoms with Gasteiger partial charge in [0.25, 0.3) is 0 Å². The summed E-state index contributed by atoms with van der Waals surface area (Å²) in [5.74, 6) is 1.61. The van der Waals surface area contributed by atoms with Gasteiger partial charge in [0.2, 0.25) is 5.91 Å². The number of allylic oxidation sites excluding steroid dienone is 1. The maximum absolute atomic E-state index is 12.8. The molecule has 0 aliphatic carbocycles. The standard InChI is InChI=1S/C28H26ClNO5/c1-16-6-8-19(29)12-23(16)30-28(31)10-17(2)20-13-21-22(15-35-26(21)14-25(20)33-4)18-7-9-24(32-3)27(11-18)34-5/h6-15H,1-5H3,(H,30,31)/b17-10+. The molecule has 0 aliphatic heterocycles. The minimum absolute atomic E-state index is 0.262. The van der Waals surface area contributed by atoms with Crippen LogP contribution in [0, 0.1) is 6.92 Å². The van der Waals surface area contributed by atoms with Crippen molar-refractivity contribution in [2.75, 3.05) is 26.6 Å². The van der Waals surface area contributed by atoms with E-state index >= 15 is 0 Å². The van der Waals surface area contributed by atoms with Crippen LogP contribution in [0.2, 0.25) is 5.02 Å². The predicted octanol–water partition coefficient (Wildman–Crippen LogP) is 7.13. The first-order valence-electron chi connectivity index (χ1n) is 10.9. The number of ether oxygens (including phenoxy) is 3. The molecule has 0 fully saturated rings. The molecule has 0 unspecified atom stereocenters. The summed E-state index contributed by atoms with van der Waals surface area (Å²) < 4.78 is 22.2. The lowest BCUT2D eigenvalue weighted by atomic mass is 9.99. The predicted molar refractivity (Wildman–Crippen MR) is 140 cm³/mol. The van der Waals surface area contributed by atoms with Crippen LogP contribution in [0.1, 0.15) is 18.1 Å². The molecule has 0 radical (unpaired) electrons. The third-order valence-electron chi connectivity index (χ3n) is 5.82. The average Bonchev–Trinajstić information content (AvgIpc) is 3.27. The van der Waals surface area contributed by atoms with Crippen molar-refractivity contribution in [1.82, 2.24) is 0 Å². The first-order chi connectivity index (χ1) is 16.8. The van der Waals surface area contributed by atoms with Crippen molar-refractivity contribution in [3.63, 3.8) is 0 Å². The Bertz CT molecular complexity index is 1440. The molecule has 4 rings (SSSR count). The SMILES string of the molecule is COc1ccc(-c2coc3cc(OC)c(/C(C)=C/C(=O)Nc4cc(Cl)ccc4C)cc23)cc1OC. The molecule has 6 nitrogen and oxygen atoms in total. The van der Waals surface area contributed by atoms with Crippen LogP contribution in [-0.2, 0) is 4.79 Å². The van der Waals surface area contributed by atoms with Gasteiger partial charge in [-0.15, -0.1) is 0 Å². The number of aryl methyl sites for hydroxylation is 1. The summed E-state index contributed by atoms with van der Waals surface area (Å²) in [6, 6.07) is 14.9. The topological polar surface area (TPSA) is 69.9 Å². The largest absolute Gasteiger partial charge is 0.496 e. The van der Waals surface area contributed by atoms with Crippen molar-refractivity contribution >= 4 is 39.7 Å². The van der Waals surface area contributed by atoms with E-state index in [0.29, 0.717) is 33.5 Å². The number of amides is 1. The van der Waals surface area contributed by atoms with Gasteiger partial charge in [-0.25, -0.2) is 0 Å². The first-order valence-corrected chi connectivity index (χ1v) is 11.3. The van der Waals surface area contributed by atoms with Crippen LogP contribution in [0.3, 0.4) is 0 Å². The molecular weight excluding hydrogens is 466 g/mol. The molecular formula is C28H26ClNO5. The Balaban J connectivity index is 1.73. The number of anilines is 1.